The van der Waals surface area contributed by atoms with Gasteiger partial charge in [0.2, 0.25) is 10.0 Å². The molecule has 1 amide bonds. The SMILES string of the molecule is CCc1noc(C)c1C(=O)N1CCN(S(=O)(=O)c2c(C)oc(C)c2C(=O)OC)CC1. The fourth-order valence-electron chi connectivity index (χ4n) is 3.66. The Morgan fingerprint density at radius 3 is 2.23 bits per heavy atom. The molecule has 10 nitrogen and oxygen atoms in total. The number of ether oxygens (including phenoxy) is 1. The van der Waals surface area contributed by atoms with Crippen LogP contribution < -0.4 is 0 Å². The van der Waals surface area contributed by atoms with Crippen molar-refractivity contribution < 1.29 is 31.7 Å². The third kappa shape index (κ3) is 3.63. The Bertz CT molecular complexity index is 1080. The van der Waals surface area contributed by atoms with Crippen molar-refractivity contribution in [2.45, 2.75) is 39.0 Å². The van der Waals surface area contributed by atoms with Gasteiger partial charge >= 0.3 is 5.97 Å². The topological polar surface area (TPSA) is 123 Å². The second kappa shape index (κ2) is 8.23. The van der Waals surface area contributed by atoms with Gasteiger partial charge in [0.1, 0.15) is 33.3 Å². The van der Waals surface area contributed by atoms with E-state index in [1.807, 2.05) is 6.92 Å². The Morgan fingerprint density at radius 1 is 1.03 bits per heavy atom. The van der Waals surface area contributed by atoms with E-state index in [-0.39, 0.29) is 54.1 Å². The van der Waals surface area contributed by atoms with Crippen LogP contribution in [0.3, 0.4) is 0 Å². The molecule has 1 fully saturated rings. The summed E-state index contributed by atoms with van der Waals surface area (Å²) in [6.07, 6.45) is 0.558. The number of furan rings is 1. The number of hydrogen-bond donors (Lipinski definition) is 0. The summed E-state index contributed by atoms with van der Waals surface area (Å²) in [7, 11) is -2.83. The molecule has 0 bridgehead atoms. The average molecular weight is 439 g/mol. The maximum Gasteiger partial charge on any atom is 0.342 e. The minimum Gasteiger partial charge on any atom is -0.465 e. The van der Waals surface area contributed by atoms with Crippen LogP contribution in [0.4, 0.5) is 0 Å². The summed E-state index contributed by atoms with van der Waals surface area (Å²) in [5.74, 6) is -0.250. The zero-order valence-corrected chi connectivity index (χ0v) is 18.5. The van der Waals surface area contributed by atoms with Crippen molar-refractivity contribution in [3.8, 4) is 0 Å². The highest BCUT2D eigenvalue weighted by molar-refractivity contribution is 7.89. The molecule has 0 unspecified atom stereocenters. The average Bonchev–Trinajstić information content (AvgIpc) is 3.25. The molecule has 2 aromatic heterocycles. The maximum atomic E-state index is 13.3. The molecular weight excluding hydrogens is 414 g/mol. The highest BCUT2D eigenvalue weighted by atomic mass is 32.2. The Kier molecular flexibility index (Phi) is 6.04. The molecule has 2 aromatic rings. The number of aromatic nitrogens is 1. The number of esters is 1. The first-order valence-electron chi connectivity index (χ1n) is 9.56. The molecular formula is C19H25N3O7S. The zero-order chi connectivity index (χ0) is 22.2. The molecule has 3 heterocycles. The number of piperazine rings is 1. The van der Waals surface area contributed by atoms with Crippen LogP contribution in [0.5, 0.6) is 0 Å². The van der Waals surface area contributed by atoms with Gasteiger partial charge < -0.3 is 18.6 Å². The Morgan fingerprint density at radius 2 is 1.67 bits per heavy atom. The molecule has 0 spiro atoms. The van der Waals surface area contributed by atoms with Crippen LogP contribution in [0.25, 0.3) is 0 Å². The first-order valence-corrected chi connectivity index (χ1v) is 11.0. The highest BCUT2D eigenvalue weighted by Gasteiger charge is 2.38. The van der Waals surface area contributed by atoms with E-state index >= 15 is 0 Å². The molecule has 0 aliphatic carbocycles. The summed E-state index contributed by atoms with van der Waals surface area (Å²) in [4.78, 5) is 26.4. The third-order valence-electron chi connectivity index (χ3n) is 5.20. The van der Waals surface area contributed by atoms with E-state index in [0.717, 1.165) is 0 Å². The van der Waals surface area contributed by atoms with E-state index in [4.69, 9.17) is 13.7 Å². The normalized spacial score (nSPS) is 15.4. The second-order valence-corrected chi connectivity index (χ2v) is 8.90. The monoisotopic (exact) mass is 439 g/mol. The fraction of sp³-hybridized carbons (Fsp3) is 0.526. The Hall–Kier alpha value is -2.66. The minimum atomic E-state index is -4.01. The number of methoxy groups -OCH3 is 1. The van der Waals surface area contributed by atoms with Crippen molar-refractivity contribution in [3.63, 3.8) is 0 Å². The first-order chi connectivity index (χ1) is 14.1. The molecule has 1 aliphatic rings. The molecule has 0 atom stereocenters. The minimum absolute atomic E-state index is 0.0874. The highest BCUT2D eigenvalue weighted by Crippen LogP contribution is 2.30. The lowest BCUT2D eigenvalue weighted by Gasteiger charge is -2.34. The van der Waals surface area contributed by atoms with Crippen molar-refractivity contribution in [2.24, 2.45) is 0 Å². The van der Waals surface area contributed by atoms with Gasteiger partial charge in [0, 0.05) is 26.2 Å². The van der Waals surface area contributed by atoms with Crippen LogP contribution in [0, 0.1) is 20.8 Å². The number of sulfonamides is 1. The molecule has 11 heteroatoms. The zero-order valence-electron chi connectivity index (χ0n) is 17.6. The summed E-state index contributed by atoms with van der Waals surface area (Å²) < 4.78 is 43.0. The first kappa shape index (κ1) is 22.0. The number of carbonyl (C=O) groups excluding carboxylic acids is 2. The Labute approximate surface area is 174 Å². The maximum absolute atomic E-state index is 13.3. The van der Waals surface area contributed by atoms with Crippen molar-refractivity contribution >= 4 is 21.9 Å². The second-order valence-electron chi connectivity index (χ2n) is 7.02. The van der Waals surface area contributed by atoms with Gasteiger partial charge in [-0.1, -0.05) is 12.1 Å². The van der Waals surface area contributed by atoms with E-state index in [1.165, 1.54) is 25.3 Å². The number of carbonyl (C=O) groups is 2. The molecule has 1 saturated heterocycles. The predicted molar refractivity (Wildman–Crippen MR) is 105 cm³/mol. The number of hydrogen-bond acceptors (Lipinski definition) is 8. The van der Waals surface area contributed by atoms with Crippen molar-refractivity contribution in [3.05, 3.63) is 34.1 Å². The van der Waals surface area contributed by atoms with Crippen LogP contribution in [0.2, 0.25) is 0 Å². The van der Waals surface area contributed by atoms with Gasteiger partial charge in [0.25, 0.3) is 5.91 Å². The van der Waals surface area contributed by atoms with E-state index in [9.17, 15) is 18.0 Å². The van der Waals surface area contributed by atoms with Crippen LogP contribution in [0.1, 0.15) is 50.6 Å². The summed E-state index contributed by atoms with van der Waals surface area (Å²) in [5.41, 5.74) is 0.920. The number of rotatable bonds is 5. The predicted octanol–water partition coefficient (Wildman–Crippen LogP) is 1.69. The molecule has 1 aliphatic heterocycles. The molecule has 0 radical (unpaired) electrons. The summed E-state index contributed by atoms with van der Waals surface area (Å²) in [6.45, 7) is 7.15. The van der Waals surface area contributed by atoms with E-state index in [2.05, 4.69) is 5.16 Å². The van der Waals surface area contributed by atoms with Crippen LogP contribution in [-0.4, -0.2) is 67.9 Å². The number of aryl methyl sites for hydroxylation is 4. The van der Waals surface area contributed by atoms with E-state index in [0.29, 0.717) is 23.4 Å². The van der Waals surface area contributed by atoms with Crippen molar-refractivity contribution in [1.82, 2.24) is 14.4 Å². The largest absolute Gasteiger partial charge is 0.465 e. The van der Waals surface area contributed by atoms with Crippen molar-refractivity contribution in [2.75, 3.05) is 33.3 Å². The molecule has 3 rings (SSSR count). The third-order valence-corrected chi connectivity index (χ3v) is 7.25. The summed E-state index contributed by atoms with van der Waals surface area (Å²) >= 11 is 0. The van der Waals surface area contributed by atoms with Crippen LogP contribution in [0.15, 0.2) is 13.8 Å². The summed E-state index contributed by atoms with van der Waals surface area (Å²) in [5, 5.41) is 3.91. The molecule has 0 saturated carbocycles. The van der Waals surface area contributed by atoms with Crippen LogP contribution in [-0.2, 0) is 21.2 Å². The lowest BCUT2D eigenvalue weighted by atomic mass is 10.1. The fourth-order valence-corrected chi connectivity index (χ4v) is 5.46. The number of nitrogens with zero attached hydrogens (tertiary/aromatic N) is 3. The lowest BCUT2D eigenvalue weighted by molar-refractivity contribution is 0.0594. The Balaban J connectivity index is 1.82. The number of amides is 1. The smallest absolute Gasteiger partial charge is 0.342 e. The van der Waals surface area contributed by atoms with Gasteiger partial charge in [0.15, 0.2) is 0 Å². The van der Waals surface area contributed by atoms with E-state index < -0.39 is 16.0 Å². The quantitative estimate of drug-likeness (QED) is 0.645. The molecule has 0 N–H and O–H groups in total. The van der Waals surface area contributed by atoms with E-state index in [1.54, 1.807) is 11.8 Å². The lowest BCUT2D eigenvalue weighted by Crippen LogP contribution is -2.50. The van der Waals surface area contributed by atoms with Gasteiger partial charge in [-0.25, -0.2) is 13.2 Å². The van der Waals surface area contributed by atoms with Gasteiger partial charge in [-0.05, 0) is 27.2 Å². The van der Waals surface area contributed by atoms with Gasteiger partial charge in [-0.3, -0.25) is 4.79 Å². The van der Waals surface area contributed by atoms with Crippen molar-refractivity contribution in [1.29, 1.82) is 0 Å². The van der Waals surface area contributed by atoms with Gasteiger partial charge in [-0.2, -0.15) is 4.31 Å². The van der Waals surface area contributed by atoms with Crippen LogP contribution >= 0.6 is 0 Å². The summed E-state index contributed by atoms with van der Waals surface area (Å²) in [6, 6.07) is 0. The standard InChI is InChI=1S/C19H25N3O7S/c1-6-14-15(12(3)29-20-14)18(23)21-7-9-22(10-8-21)30(25,26)17-13(4)28-11(2)16(17)19(24)27-5/h6-10H2,1-5H3. The molecule has 0 aromatic carbocycles. The van der Waals surface area contributed by atoms with Gasteiger partial charge in [-0.15, -0.1) is 0 Å². The molecule has 164 valence electrons. The van der Waals surface area contributed by atoms with Gasteiger partial charge in [0.05, 0.1) is 12.8 Å². The molecule has 30 heavy (non-hydrogen) atoms.